The fourth-order valence-electron chi connectivity index (χ4n) is 2.28. The second kappa shape index (κ2) is 6.26. The highest BCUT2D eigenvalue weighted by Gasteiger charge is 2.50. The Labute approximate surface area is 131 Å². The molecule has 0 aromatic heterocycles. The molecule has 122 valence electrons. The van der Waals surface area contributed by atoms with E-state index in [1.54, 1.807) is 20.8 Å². The minimum Gasteiger partial charge on any atom is -0.444 e. The van der Waals surface area contributed by atoms with Crippen molar-refractivity contribution in [1.82, 2.24) is 5.32 Å². The van der Waals surface area contributed by atoms with E-state index in [2.05, 4.69) is 5.32 Å². The summed E-state index contributed by atoms with van der Waals surface area (Å²) in [5.41, 5.74) is -0.132. The van der Waals surface area contributed by atoms with Gasteiger partial charge in [-0.2, -0.15) is 0 Å². The van der Waals surface area contributed by atoms with E-state index in [9.17, 15) is 9.90 Å². The van der Waals surface area contributed by atoms with Crippen LogP contribution in [0.4, 0.5) is 4.79 Å². The first-order valence-corrected chi connectivity index (χ1v) is 7.55. The number of epoxide rings is 1. The smallest absolute Gasteiger partial charge is 0.407 e. The Balaban J connectivity index is 2.06. The lowest BCUT2D eigenvalue weighted by Crippen LogP contribution is -2.51. The average Bonchev–Trinajstić information content (AvgIpc) is 3.15. The lowest BCUT2D eigenvalue weighted by atomic mass is 9.93. The van der Waals surface area contributed by atoms with Gasteiger partial charge < -0.3 is 19.9 Å². The van der Waals surface area contributed by atoms with Gasteiger partial charge in [0.2, 0.25) is 0 Å². The van der Waals surface area contributed by atoms with Gasteiger partial charge in [0.25, 0.3) is 0 Å². The molecule has 3 unspecified atom stereocenters. The van der Waals surface area contributed by atoms with Crippen LogP contribution in [0.5, 0.6) is 0 Å². The molecule has 2 N–H and O–H groups in total. The topological polar surface area (TPSA) is 71.1 Å². The van der Waals surface area contributed by atoms with Crippen LogP contribution < -0.4 is 5.32 Å². The Hall–Kier alpha value is -1.59. The number of alkyl carbamates (subject to hydrolysis) is 1. The maximum Gasteiger partial charge on any atom is 0.407 e. The molecule has 0 saturated carbocycles. The van der Waals surface area contributed by atoms with Crippen molar-refractivity contribution in [2.75, 3.05) is 6.61 Å². The predicted octanol–water partition coefficient (Wildman–Crippen LogP) is 2.27. The van der Waals surface area contributed by atoms with Crippen molar-refractivity contribution in [3.8, 4) is 0 Å². The Morgan fingerprint density at radius 2 is 2.00 bits per heavy atom. The van der Waals surface area contributed by atoms with Gasteiger partial charge in [-0.25, -0.2) is 4.79 Å². The van der Waals surface area contributed by atoms with Crippen molar-refractivity contribution in [3.05, 3.63) is 35.9 Å². The number of carbonyl (C=O) groups excluding carboxylic acids is 1. The third-order valence-electron chi connectivity index (χ3n) is 3.61. The molecule has 3 atom stereocenters. The molecule has 2 rings (SSSR count). The molecule has 1 fully saturated rings. The summed E-state index contributed by atoms with van der Waals surface area (Å²) in [6.45, 7) is 7.75. The van der Waals surface area contributed by atoms with Gasteiger partial charge in [-0.3, -0.25) is 0 Å². The highest BCUT2D eigenvalue weighted by molar-refractivity contribution is 5.68. The molecule has 1 aromatic carbocycles. The van der Waals surface area contributed by atoms with E-state index in [1.165, 1.54) is 0 Å². The number of ether oxygens (including phenoxy) is 2. The molecule has 1 amide bonds. The van der Waals surface area contributed by atoms with E-state index in [4.69, 9.17) is 9.47 Å². The zero-order chi connectivity index (χ0) is 16.4. The van der Waals surface area contributed by atoms with Crippen LogP contribution in [0.25, 0.3) is 0 Å². The Bertz CT molecular complexity index is 505. The molecule has 0 aliphatic carbocycles. The Morgan fingerprint density at radius 3 is 2.50 bits per heavy atom. The Kier molecular flexibility index (Phi) is 4.78. The number of rotatable bonds is 5. The van der Waals surface area contributed by atoms with Gasteiger partial charge in [0.05, 0.1) is 12.6 Å². The van der Waals surface area contributed by atoms with Crippen molar-refractivity contribution >= 4 is 6.09 Å². The van der Waals surface area contributed by atoms with E-state index in [1.807, 2.05) is 37.3 Å². The summed E-state index contributed by atoms with van der Waals surface area (Å²) in [6, 6.07) is 9.26. The van der Waals surface area contributed by atoms with Crippen LogP contribution in [0.15, 0.2) is 30.3 Å². The largest absolute Gasteiger partial charge is 0.444 e. The van der Waals surface area contributed by atoms with Crippen LogP contribution in [-0.4, -0.2) is 41.2 Å². The van der Waals surface area contributed by atoms with E-state index in [0.29, 0.717) is 13.0 Å². The van der Waals surface area contributed by atoms with Gasteiger partial charge >= 0.3 is 6.09 Å². The molecular formula is C17H25NO4. The molecule has 1 aliphatic heterocycles. The summed E-state index contributed by atoms with van der Waals surface area (Å²) in [5.74, 6) is 0. The zero-order valence-electron chi connectivity index (χ0n) is 13.6. The van der Waals surface area contributed by atoms with E-state index < -0.39 is 29.4 Å². The van der Waals surface area contributed by atoms with Crippen LogP contribution in [-0.2, 0) is 15.9 Å². The van der Waals surface area contributed by atoms with Gasteiger partial charge in [0.1, 0.15) is 17.3 Å². The first-order valence-electron chi connectivity index (χ1n) is 7.55. The van der Waals surface area contributed by atoms with Crippen LogP contribution in [0.1, 0.15) is 33.3 Å². The van der Waals surface area contributed by atoms with Gasteiger partial charge in [-0.05, 0) is 39.7 Å². The van der Waals surface area contributed by atoms with E-state index >= 15 is 0 Å². The van der Waals surface area contributed by atoms with E-state index in [-0.39, 0.29) is 0 Å². The van der Waals surface area contributed by atoms with Crippen LogP contribution >= 0.6 is 0 Å². The first-order chi connectivity index (χ1) is 10.2. The maximum atomic E-state index is 12.0. The third kappa shape index (κ3) is 4.71. The normalized spacial score (nSPS) is 23.5. The second-order valence-electron chi connectivity index (χ2n) is 6.99. The summed E-state index contributed by atoms with van der Waals surface area (Å²) in [6.07, 6.45) is -0.808. The fraction of sp³-hybridized carbons (Fsp3) is 0.588. The van der Waals surface area contributed by atoms with Crippen molar-refractivity contribution in [3.63, 3.8) is 0 Å². The molecule has 0 bridgehead atoms. The molecular weight excluding hydrogens is 282 g/mol. The quantitative estimate of drug-likeness (QED) is 0.819. The summed E-state index contributed by atoms with van der Waals surface area (Å²) in [7, 11) is 0. The summed E-state index contributed by atoms with van der Waals surface area (Å²) < 4.78 is 10.6. The summed E-state index contributed by atoms with van der Waals surface area (Å²) in [4.78, 5) is 12.0. The number of nitrogens with one attached hydrogen (secondary N) is 1. The van der Waals surface area contributed by atoms with Crippen molar-refractivity contribution in [2.45, 2.75) is 57.5 Å². The summed E-state index contributed by atoms with van der Waals surface area (Å²) >= 11 is 0. The predicted molar refractivity (Wildman–Crippen MR) is 83.7 cm³/mol. The third-order valence-corrected chi connectivity index (χ3v) is 3.61. The van der Waals surface area contributed by atoms with Crippen LogP contribution in [0, 0.1) is 0 Å². The number of aliphatic hydroxyl groups is 1. The molecule has 1 aliphatic rings. The molecule has 22 heavy (non-hydrogen) atoms. The molecule has 1 heterocycles. The number of carbonyl (C=O) groups is 1. The number of aliphatic hydroxyl groups excluding tert-OH is 1. The molecule has 1 saturated heterocycles. The zero-order valence-corrected chi connectivity index (χ0v) is 13.6. The molecule has 5 heteroatoms. The SMILES string of the molecule is CC(C)(C)OC(=O)NC(Cc1ccccc1)C(O)C1(C)CO1. The molecule has 5 nitrogen and oxygen atoms in total. The lowest BCUT2D eigenvalue weighted by Gasteiger charge is -2.28. The monoisotopic (exact) mass is 307 g/mol. The highest BCUT2D eigenvalue weighted by atomic mass is 16.6. The number of hydrogen-bond acceptors (Lipinski definition) is 4. The van der Waals surface area contributed by atoms with Crippen molar-refractivity contribution in [2.24, 2.45) is 0 Å². The maximum absolute atomic E-state index is 12.0. The van der Waals surface area contributed by atoms with Gasteiger partial charge in [0.15, 0.2) is 0 Å². The first kappa shape index (κ1) is 16.8. The molecule has 1 aromatic rings. The second-order valence-corrected chi connectivity index (χ2v) is 6.99. The number of benzene rings is 1. The number of hydrogen-bond donors (Lipinski definition) is 2. The number of amides is 1. The van der Waals surface area contributed by atoms with Crippen molar-refractivity contribution in [1.29, 1.82) is 0 Å². The minimum absolute atomic E-state index is 0.468. The van der Waals surface area contributed by atoms with Crippen LogP contribution in [0.3, 0.4) is 0 Å². The van der Waals surface area contributed by atoms with E-state index in [0.717, 1.165) is 5.56 Å². The van der Waals surface area contributed by atoms with Gasteiger partial charge in [-0.15, -0.1) is 0 Å². The lowest BCUT2D eigenvalue weighted by molar-refractivity contribution is 0.0268. The average molecular weight is 307 g/mol. The van der Waals surface area contributed by atoms with Gasteiger partial charge in [0, 0.05) is 0 Å². The minimum atomic E-state index is -0.791. The van der Waals surface area contributed by atoms with Crippen LogP contribution in [0.2, 0.25) is 0 Å². The Morgan fingerprint density at radius 1 is 1.41 bits per heavy atom. The van der Waals surface area contributed by atoms with Crippen molar-refractivity contribution < 1.29 is 19.4 Å². The molecule has 0 radical (unpaired) electrons. The molecule has 0 spiro atoms. The fourth-order valence-corrected chi connectivity index (χ4v) is 2.28. The van der Waals surface area contributed by atoms with Gasteiger partial charge in [-0.1, -0.05) is 30.3 Å². The summed E-state index contributed by atoms with van der Waals surface area (Å²) in [5, 5.41) is 13.3. The standard InChI is InChI=1S/C17H25NO4/c1-16(2,3)22-15(20)18-13(14(19)17(4)11-21-17)10-12-8-6-5-7-9-12/h5-9,13-14,19H,10-11H2,1-4H3,(H,18,20). The highest BCUT2D eigenvalue weighted by Crippen LogP contribution is 2.32.